The lowest BCUT2D eigenvalue weighted by atomic mass is 10.0. The zero-order valence-corrected chi connectivity index (χ0v) is 14.7. The molecule has 0 saturated carbocycles. The summed E-state index contributed by atoms with van der Waals surface area (Å²) >= 11 is 5.59. The van der Waals surface area contributed by atoms with Crippen LogP contribution in [0.3, 0.4) is 0 Å². The Hall–Kier alpha value is -2.73. The van der Waals surface area contributed by atoms with Crippen LogP contribution in [0.2, 0.25) is 0 Å². The number of thiocarbonyl (C=S) groups is 1. The summed E-state index contributed by atoms with van der Waals surface area (Å²) in [6, 6.07) is 14.3. The highest BCUT2D eigenvalue weighted by atomic mass is 32.1. The molecule has 0 radical (unpaired) electrons. The first-order valence-corrected chi connectivity index (χ1v) is 8.76. The maximum atomic E-state index is 5.59. The first-order chi connectivity index (χ1) is 12.3. The SMILES string of the molecule is CCN1C(=S)NC(c2ccccn2)C1c1cccn1-c1cccnc1. The van der Waals surface area contributed by atoms with Gasteiger partial charge in [-0.3, -0.25) is 9.97 Å². The third-order valence-electron chi connectivity index (χ3n) is 4.55. The summed E-state index contributed by atoms with van der Waals surface area (Å²) in [5.74, 6) is 0. The van der Waals surface area contributed by atoms with Crippen LogP contribution in [-0.4, -0.2) is 31.1 Å². The Bertz CT molecular complexity index is 862. The van der Waals surface area contributed by atoms with E-state index in [1.807, 2.05) is 36.7 Å². The average Bonchev–Trinajstić information content (AvgIpc) is 3.27. The van der Waals surface area contributed by atoms with Crippen LogP contribution in [-0.2, 0) is 0 Å². The molecule has 6 heteroatoms. The molecule has 126 valence electrons. The zero-order valence-electron chi connectivity index (χ0n) is 13.9. The Morgan fingerprint density at radius 3 is 2.76 bits per heavy atom. The van der Waals surface area contributed by atoms with Crippen LogP contribution in [0, 0.1) is 0 Å². The second-order valence-corrected chi connectivity index (χ2v) is 6.31. The van der Waals surface area contributed by atoms with Gasteiger partial charge in [-0.15, -0.1) is 0 Å². The maximum Gasteiger partial charge on any atom is 0.170 e. The Morgan fingerprint density at radius 2 is 2.04 bits per heavy atom. The Morgan fingerprint density at radius 1 is 1.12 bits per heavy atom. The van der Waals surface area contributed by atoms with Crippen molar-refractivity contribution in [3.63, 3.8) is 0 Å². The zero-order chi connectivity index (χ0) is 17.2. The topological polar surface area (TPSA) is 46.0 Å². The molecule has 0 spiro atoms. The van der Waals surface area contributed by atoms with Gasteiger partial charge in [-0.05, 0) is 55.5 Å². The van der Waals surface area contributed by atoms with Crippen molar-refractivity contribution in [1.29, 1.82) is 0 Å². The van der Waals surface area contributed by atoms with E-state index < -0.39 is 0 Å². The van der Waals surface area contributed by atoms with Gasteiger partial charge >= 0.3 is 0 Å². The summed E-state index contributed by atoms with van der Waals surface area (Å²) in [5.41, 5.74) is 3.19. The molecule has 1 fully saturated rings. The summed E-state index contributed by atoms with van der Waals surface area (Å²) in [7, 11) is 0. The third kappa shape index (κ3) is 2.78. The summed E-state index contributed by atoms with van der Waals surface area (Å²) in [4.78, 5) is 11.0. The molecule has 1 N–H and O–H groups in total. The second kappa shape index (κ2) is 6.64. The molecule has 1 aliphatic rings. The molecule has 25 heavy (non-hydrogen) atoms. The van der Waals surface area contributed by atoms with Crippen LogP contribution in [0.5, 0.6) is 0 Å². The van der Waals surface area contributed by atoms with Gasteiger partial charge in [0.25, 0.3) is 0 Å². The van der Waals surface area contributed by atoms with E-state index in [-0.39, 0.29) is 12.1 Å². The lowest BCUT2D eigenvalue weighted by molar-refractivity contribution is 0.321. The van der Waals surface area contributed by atoms with Gasteiger partial charge in [-0.1, -0.05) is 6.07 Å². The van der Waals surface area contributed by atoms with Crippen molar-refractivity contribution >= 4 is 17.3 Å². The molecule has 3 aromatic rings. The Labute approximate surface area is 152 Å². The van der Waals surface area contributed by atoms with Gasteiger partial charge in [0, 0.05) is 30.8 Å². The van der Waals surface area contributed by atoms with Crippen molar-refractivity contribution in [2.75, 3.05) is 6.54 Å². The minimum Gasteiger partial charge on any atom is -0.352 e. The minimum atomic E-state index is 0.0129. The molecule has 0 amide bonds. The normalized spacial score (nSPS) is 19.9. The van der Waals surface area contributed by atoms with Gasteiger partial charge in [0.05, 0.1) is 29.7 Å². The van der Waals surface area contributed by atoms with Gasteiger partial charge in [-0.2, -0.15) is 0 Å². The highest BCUT2D eigenvalue weighted by Gasteiger charge is 2.40. The molecular weight excluding hydrogens is 330 g/mol. The first-order valence-electron chi connectivity index (χ1n) is 8.35. The number of rotatable bonds is 4. The number of hydrogen-bond donors (Lipinski definition) is 1. The van der Waals surface area contributed by atoms with Crippen molar-refractivity contribution < 1.29 is 0 Å². The summed E-state index contributed by atoms with van der Waals surface area (Å²) < 4.78 is 2.17. The van der Waals surface area contributed by atoms with Crippen molar-refractivity contribution in [2.24, 2.45) is 0 Å². The average molecular weight is 349 g/mol. The number of pyridine rings is 2. The van der Waals surface area contributed by atoms with Crippen LogP contribution in [0.15, 0.2) is 67.3 Å². The second-order valence-electron chi connectivity index (χ2n) is 5.93. The van der Waals surface area contributed by atoms with Crippen molar-refractivity contribution in [3.05, 3.63) is 78.6 Å². The van der Waals surface area contributed by atoms with E-state index in [0.717, 1.165) is 28.7 Å². The van der Waals surface area contributed by atoms with Gasteiger partial charge < -0.3 is 14.8 Å². The van der Waals surface area contributed by atoms with Crippen molar-refractivity contribution in [2.45, 2.75) is 19.0 Å². The fourth-order valence-electron chi connectivity index (χ4n) is 3.43. The molecule has 1 saturated heterocycles. The molecule has 0 aromatic carbocycles. The first kappa shape index (κ1) is 15.8. The fraction of sp³-hybridized carbons (Fsp3) is 0.211. The van der Waals surface area contributed by atoms with Gasteiger partial charge in [0.1, 0.15) is 0 Å². The number of aromatic nitrogens is 3. The predicted octanol–water partition coefficient (Wildman–Crippen LogP) is 3.26. The molecule has 3 aromatic heterocycles. The third-order valence-corrected chi connectivity index (χ3v) is 4.90. The summed E-state index contributed by atoms with van der Waals surface area (Å²) in [5, 5.41) is 4.22. The van der Waals surface area contributed by atoms with Gasteiger partial charge in [-0.25, -0.2) is 0 Å². The Balaban J connectivity index is 1.81. The standard InChI is InChI=1S/C19H19N5S/c1-2-23-18(17(22-19(23)25)15-8-3-4-11-21-15)16-9-6-12-24(16)14-7-5-10-20-13-14/h3-13,17-18H,2H2,1H3,(H,22,25). The molecule has 2 atom stereocenters. The lowest BCUT2D eigenvalue weighted by Crippen LogP contribution is -2.30. The number of hydrogen-bond acceptors (Lipinski definition) is 3. The molecule has 0 bridgehead atoms. The van der Waals surface area contributed by atoms with Crippen molar-refractivity contribution in [1.82, 2.24) is 24.8 Å². The van der Waals surface area contributed by atoms with E-state index in [4.69, 9.17) is 12.2 Å². The van der Waals surface area contributed by atoms with E-state index in [9.17, 15) is 0 Å². The molecule has 4 rings (SSSR count). The molecule has 5 nitrogen and oxygen atoms in total. The number of nitrogens with zero attached hydrogens (tertiary/aromatic N) is 4. The Kier molecular flexibility index (Phi) is 4.19. The summed E-state index contributed by atoms with van der Waals surface area (Å²) in [6.45, 7) is 2.96. The highest BCUT2D eigenvalue weighted by Crippen LogP contribution is 2.39. The highest BCUT2D eigenvalue weighted by molar-refractivity contribution is 7.80. The quantitative estimate of drug-likeness (QED) is 0.733. The molecule has 2 unspecified atom stereocenters. The van der Waals surface area contributed by atoms with Crippen LogP contribution in [0.4, 0.5) is 0 Å². The van der Waals surface area contributed by atoms with Crippen LogP contribution < -0.4 is 5.32 Å². The minimum absolute atomic E-state index is 0.0129. The monoisotopic (exact) mass is 349 g/mol. The van der Waals surface area contributed by atoms with E-state index in [2.05, 4.69) is 56.1 Å². The van der Waals surface area contributed by atoms with Crippen LogP contribution in [0.25, 0.3) is 5.69 Å². The van der Waals surface area contributed by atoms with E-state index in [1.54, 1.807) is 6.20 Å². The lowest BCUT2D eigenvalue weighted by Gasteiger charge is -2.27. The van der Waals surface area contributed by atoms with Gasteiger partial charge in [0.2, 0.25) is 0 Å². The molecule has 4 heterocycles. The fourth-order valence-corrected chi connectivity index (χ4v) is 3.80. The largest absolute Gasteiger partial charge is 0.352 e. The van der Waals surface area contributed by atoms with E-state index in [1.165, 1.54) is 0 Å². The maximum absolute atomic E-state index is 5.59. The smallest absolute Gasteiger partial charge is 0.170 e. The van der Waals surface area contributed by atoms with Crippen LogP contribution in [0.1, 0.15) is 30.4 Å². The molecule has 0 aliphatic carbocycles. The van der Waals surface area contributed by atoms with E-state index >= 15 is 0 Å². The number of likely N-dealkylation sites (N-methyl/N-ethyl adjacent to an activating group) is 1. The van der Waals surface area contributed by atoms with Crippen molar-refractivity contribution in [3.8, 4) is 5.69 Å². The summed E-state index contributed by atoms with van der Waals surface area (Å²) in [6.07, 6.45) is 7.55. The molecule has 1 aliphatic heterocycles. The predicted molar refractivity (Wildman–Crippen MR) is 101 cm³/mol. The van der Waals surface area contributed by atoms with Gasteiger partial charge in [0.15, 0.2) is 5.11 Å². The van der Waals surface area contributed by atoms with E-state index in [0.29, 0.717) is 0 Å². The molecular formula is C19H19N5S. The van der Waals surface area contributed by atoms with Crippen LogP contribution >= 0.6 is 12.2 Å². The number of nitrogens with one attached hydrogen (secondary N) is 1.